The number of nitrogens with two attached hydrogens (primary N) is 1. The number of nitrogen functional groups attached to an aromatic ring is 1. The second kappa shape index (κ2) is 19.8. The number of hydrogen-bond acceptors (Lipinski definition) is 10. The highest BCUT2D eigenvalue weighted by atomic mass is 16.6. The highest BCUT2D eigenvalue weighted by Crippen LogP contribution is 2.26. The number of fused-ring (bicyclic) bond motifs is 1. The molecule has 3 N–H and O–H groups in total. The Bertz CT molecular complexity index is 1400. The number of anilines is 1. The van der Waals surface area contributed by atoms with E-state index in [1.807, 2.05) is 52.1 Å². The van der Waals surface area contributed by atoms with Crippen molar-refractivity contribution in [2.75, 3.05) is 78.7 Å². The van der Waals surface area contributed by atoms with Gasteiger partial charge in [-0.05, 0) is 75.0 Å². The average molecular weight is 654 g/mol. The van der Waals surface area contributed by atoms with Gasteiger partial charge >= 0.3 is 5.97 Å². The van der Waals surface area contributed by atoms with Crippen LogP contribution in [0.3, 0.4) is 0 Å². The van der Waals surface area contributed by atoms with Gasteiger partial charge < -0.3 is 39.3 Å². The maximum atomic E-state index is 12.6. The Morgan fingerprint density at radius 3 is 2.11 bits per heavy atom. The van der Waals surface area contributed by atoms with Crippen molar-refractivity contribution in [1.82, 2.24) is 9.88 Å². The molecule has 0 atom stereocenters. The fourth-order valence-corrected chi connectivity index (χ4v) is 4.63. The van der Waals surface area contributed by atoms with E-state index in [1.54, 1.807) is 24.3 Å². The topological polar surface area (TPSA) is 142 Å². The number of nitrogens with zero attached hydrogens (tertiary/aromatic N) is 1. The summed E-state index contributed by atoms with van der Waals surface area (Å²) < 4.78 is 27.6. The molecule has 47 heavy (non-hydrogen) atoms. The summed E-state index contributed by atoms with van der Waals surface area (Å²) in [5.41, 5.74) is 8.00. The fraction of sp³-hybridized carbons (Fsp3) is 0.528. The van der Waals surface area contributed by atoms with E-state index in [0.717, 1.165) is 23.2 Å². The van der Waals surface area contributed by atoms with Gasteiger partial charge in [-0.15, -0.1) is 0 Å². The van der Waals surface area contributed by atoms with Crippen molar-refractivity contribution in [2.24, 2.45) is 5.41 Å². The highest BCUT2D eigenvalue weighted by Gasteiger charge is 2.24. The zero-order valence-electron chi connectivity index (χ0n) is 28.3. The number of H-pyrrole nitrogens is 1. The molecule has 0 aliphatic carbocycles. The van der Waals surface area contributed by atoms with Gasteiger partial charge in [0.05, 0.1) is 38.7 Å². The monoisotopic (exact) mass is 653 g/mol. The number of likely N-dealkylation sites (N-methyl/N-ethyl adjacent to an activating group) is 1. The summed E-state index contributed by atoms with van der Waals surface area (Å²) in [5.74, 6) is 0.655. The molecule has 1 aromatic heterocycles. The minimum absolute atomic E-state index is 0.0743. The predicted molar refractivity (Wildman–Crippen MR) is 182 cm³/mol. The van der Waals surface area contributed by atoms with Crippen LogP contribution in [0.2, 0.25) is 0 Å². The van der Waals surface area contributed by atoms with Crippen molar-refractivity contribution >= 4 is 34.1 Å². The smallest absolute Gasteiger partial charge is 0.305 e. The van der Waals surface area contributed by atoms with Gasteiger partial charge in [0.1, 0.15) is 19.0 Å². The summed E-state index contributed by atoms with van der Waals surface area (Å²) >= 11 is 0. The van der Waals surface area contributed by atoms with Gasteiger partial charge in [0.2, 0.25) is 0 Å². The van der Waals surface area contributed by atoms with Crippen LogP contribution in [0.5, 0.6) is 5.75 Å². The maximum Gasteiger partial charge on any atom is 0.305 e. The number of carbonyl (C=O) groups excluding carboxylic acids is 3. The van der Waals surface area contributed by atoms with E-state index in [4.69, 9.17) is 29.4 Å². The largest absolute Gasteiger partial charge is 0.492 e. The molecule has 3 rings (SSSR count). The third kappa shape index (κ3) is 14.3. The van der Waals surface area contributed by atoms with Crippen molar-refractivity contribution in [3.8, 4) is 5.75 Å². The van der Waals surface area contributed by atoms with E-state index in [2.05, 4.69) is 9.88 Å². The van der Waals surface area contributed by atoms with Crippen LogP contribution < -0.4 is 10.5 Å². The van der Waals surface area contributed by atoms with Crippen LogP contribution >= 0.6 is 0 Å². The lowest BCUT2D eigenvalue weighted by Crippen LogP contribution is -2.26. The molecular formula is C36H51N3O8. The number of hydrogen-bond donors (Lipinski definition) is 2. The Hall–Kier alpha value is -3.77. The molecule has 11 nitrogen and oxygen atoms in total. The Morgan fingerprint density at radius 2 is 1.43 bits per heavy atom. The molecule has 0 fully saturated rings. The van der Waals surface area contributed by atoms with Gasteiger partial charge in [0.15, 0.2) is 11.6 Å². The third-order valence-electron chi connectivity index (χ3n) is 7.34. The van der Waals surface area contributed by atoms with Crippen LogP contribution in [0, 0.1) is 5.41 Å². The van der Waals surface area contributed by atoms with Crippen molar-refractivity contribution in [3.05, 3.63) is 59.8 Å². The van der Waals surface area contributed by atoms with Crippen molar-refractivity contribution < 1.29 is 38.1 Å². The number of rotatable bonds is 23. The molecule has 3 aromatic rings. The minimum atomic E-state index is -0.448. The Labute approximate surface area is 278 Å². The first-order valence-corrected chi connectivity index (χ1v) is 16.3. The molecule has 0 aliphatic heterocycles. The molecular weight excluding hydrogens is 602 g/mol. The molecule has 0 aliphatic rings. The van der Waals surface area contributed by atoms with E-state index in [-0.39, 0.29) is 24.1 Å². The number of ether oxygens (including phenoxy) is 5. The summed E-state index contributed by atoms with van der Waals surface area (Å²) in [4.78, 5) is 42.0. The molecule has 0 amide bonds. The number of esters is 1. The minimum Gasteiger partial charge on any atom is -0.492 e. The lowest BCUT2D eigenvalue weighted by Gasteiger charge is -2.16. The molecule has 0 radical (unpaired) electrons. The first-order valence-electron chi connectivity index (χ1n) is 16.3. The number of aromatic nitrogens is 1. The molecule has 0 unspecified atom stereocenters. The summed E-state index contributed by atoms with van der Waals surface area (Å²) in [6.45, 7) is 10.4. The Morgan fingerprint density at radius 1 is 0.766 bits per heavy atom. The average Bonchev–Trinajstić information content (AvgIpc) is 3.46. The lowest BCUT2D eigenvalue weighted by atomic mass is 9.89. The third-order valence-corrected chi connectivity index (χ3v) is 7.34. The molecule has 0 bridgehead atoms. The highest BCUT2D eigenvalue weighted by molar-refractivity contribution is 6.02. The zero-order valence-corrected chi connectivity index (χ0v) is 28.3. The van der Waals surface area contributed by atoms with Gasteiger partial charge in [0, 0.05) is 53.6 Å². The van der Waals surface area contributed by atoms with E-state index >= 15 is 0 Å². The van der Waals surface area contributed by atoms with Gasteiger partial charge in [0.25, 0.3) is 0 Å². The van der Waals surface area contributed by atoms with E-state index in [1.165, 1.54) is 0 Å². The van der Waals surface area contributed by atoms with Crippen LogP contribution in [0.1, 0.15) is 67.3 Å². The number of Topliss-reactive ketones (excluding diaryl/α,β-unsaturated/α-hetero) is 2. The molecule has 0 saturated carbocycles. The van der Waals surface area contributed by atoms with Crippen molar-refractivity contribution in [2.45, 2.75) is 46.5 Å². The molecule has 1 heterocycles. The predicted octanol–water partition coefficient (Wildman–Crippen LogP) is 5.33. The Balaban J connectivity index is 1.11. The molecule has 0 spiro atoms. The fourth-order valence-electron chi connectivity index (χ4n) is 4.63. The number of aromatic amines is 1. The Kier molecular flexibility index (Phi) is 15.9. The lowest BCUT2D eigenvalue weighted by molar-refractivity contribution is -0.145. The molecule has 0 saturated heterocycles. The number of nitrogens with one attached hydrogen (secondary N) is 1. The van der Waals surface area contributed by atoms with Crippen LogP contribution in [0.25, 0.3) is 10.9 Å². The van der Waals surface area contributed by atoms with Crippen LogP contribution in [0.4, 0.5) is 5.69 Å². The zero-order chi connectivity index (χ0) is 34.1. The summed E-state index contributed by atoms with van der Waals surface area (Å²) in [6.07, 6.45) is 2.09. The summed E-state index contributed by atoms with van der Waals surface area (Å²) in [5, 5.41) is 0.941. The maximum absolute atomic E-state index is 12.6. The quantitative estimate of drug-likeness (QED) is 0.0597. The number of ketones is 2. The van der Waals surface area contributed by atoms with Gasteiger partial charge in [-0.25, -0.2) is 0 Å². The molecule has 2 aromatic carbocycles. The van der Waals surface area contributed by atoms with Crippen LogP contribution in [-0.4, -0.2) is 100 Å². The second-order valence-corrected chi connectivity index (χ2v) is 12.5. The van der Waals surface area contributed by atoms with Crippen LogP contribution in [0.15, 0.2) is 48.5 Å². The molecule has 258 valence electrons. The van der Waals surface area contributed by atoms with Gasteiger partial charge in [-0.2, -0.15) is 0 Å². The van der Waals surface area contributed by atoms with Crippen LogP contribution in [-0.2, 0) is 23.7 Å². The van der Waals surface area contributed by atoms with Crippen molar-refractivity contribution in [1.29, 1.82) is 0 Å². The first kappa shape index (κ1) is 37.7. The van der Waals surface area contributed by atoms with Gasteiger partial charge in [-0.1, -0.05) is 20.8 Å². The molecule has 11 heteroatoms. The standard InChI is InChI=1S/C36H51N3O8/c1-36(2,3)35(42)32-26-28-25-30(13-14-31(28)38-32)46-18-16-39(4)15-5-8-34(41)47-24-23-45-22-21-44-20-19-43-17-6-7-33(40)27-9-11-29(37)12-10-27/h9-14,25-26,38H,5-8,15-24,37H2,1-4H3. The normalized spacial score (nSPS) is 11.7. The summed E-state index contributed by atoms with van der Waals surface area (Å²) in [6, 6.07) is 14.6. The van der Waals surface area contributed by atoms with Gasteiger partial charge in [-0.3, -0.25) is 14.4 Å². The SMILES string of the molecule is CN(CCCC(=O)OCCOCCOCCOCCCC(=O)c1ccc(N)cc1)CCOc1ccc2[nH]c(C(=O)C(C)(C)C)cc2c1. The van der Waals surface area contributed by atoms with E-state index < -0.39 is 5.41 Å². The number of carbonyl (C=O) groups is 3. The second-order valence-electron chi connectivity index (χ2n) is 12.5. The first-order chi connectivity index (χ1) is 22.5. The van der Waals surface area contributed by atoms with E-state index in [9.17, 15) is 14.4 Å². The number of benzene rings is 2. The van der Waals surface area contributed by atoms with E-state index in [0.29, 0.717) is 95.4 Å². The van der Waals surface area contributed by atoms with Crippen molar-refractivity contribution in [3.63, 3.8) is 0 Å². The summed E-state index contributed by atoms with van der Waals surface area (Å²) in [7, 11) is 1.99.